The summed E-state index contributed by atoms with van der Waals surface area (Å²) >= 11 is 7.02. The van der Waals surface area contributed by atoms with Crippen molar-refractivity contribution in [2.45, 2.75) is 25.0 Å². The van der Waals surface area contributed by atoms with E-state index in [4.69, 9.17) is 4.74 Å². The molecule has 0 aliphatic carbocycles. The van der Waals surface area contributed by atoms with Gasteiger partial charge in [-0.25, -0.2) is 0 Å². The number of hydrogen-bond acceptors (Lipinski definition) is 2. The molecule has 0 radical (unpaired) electrons. The highest BCUT2D eigenvalue weighted by Gasteiger charge is 2.25. The topological polar surface area (TPSA) is 29.5 Å². The van der Waals surface area contributed by atoms with E-state index < -0.39 is 0 Å². The van der Waals surface area contributed by atoms with Crippen molar-refractivity contribution in [3.05, 3.63) is 32.7 Å². The maximum absolute atomic E-state index is 9.61. The fourth-order valence-electron chi connectivity index (χ4n) is 1.80. The van der Waals surface area contributed by atoms with E-state index in [1.807, 2.05) is 18.2 Å². The predicted molar refractivity (Wildman–Crippen MR) is 65.8 cm³/mol. The van der Waals surface area contributed by atoms with Crippen molar-refractivity contribution in [1.82, 2.24) is 0 Å². The van der Waals surface area contributed by atoms with Crippen molar-refractivity contribution in [2.75, 3.05) is 6.61 Å². The maximum Gasteiger partial charge on any atom is 0.0871 e. The molecule has 0 spiro atoms. The first kappa shape index (κ1) is 11.6. The van der Waals surface area contributed by atoms with E-state index in [0.717, 1.165) is 20.9 Å². The molecule has 2 rings (SSSR count). The summed E-state index contributed by atoms with van der Waals surface area (Å²) in [5, 5.41) is 9.61. The van der Waals surface area contributed by atoms with Crippen LogP contribution in [0.25, 0.3) is 0 Å². The first-order valence-corrected chi connectivity index (χ1v) is 6.50. The maximum atomic E-state index is 9.61. The Bertz CT molecular complexity index is 334. The second-order valence-electron chi connectivity index (χ2n) is 3.67. The third-order valence-corrected chi connectivity index (χ3v) is 3.96. The fourth-order valence-corrected chi connectivity index (χ4v) is 3.31. The summed E-state index contributed by atoms with van der Waals surface area (Å²) in [6.45, 7) is 0.625. The van der Waals surface area contributed by atoms with Gasteiger partial charge in [-0.05, 0) is 18.6 Å². The summed E-state index contributed by atoms with van der Waals surface area (Å²) in [7, 11) is 0. The minimum atomic E-state index is -0.247. The van der Waals surface area contributed by atoms with Crippen molar-refractivity contribution in [2.24, 2.45) is 0 Å². The van der Waals surface area contributed by atoms with Crippen molar-refractivity contribution in [3.8, 4) is 0 Å². The van der Waals surface area contributed by atoms with Crippen molar-refractivity contribution < 1.29 is 9.84 Å². The van der Waals surface area contributed by atoms with Crippen LogP contribution in [0.5, 0.6) is 0 Å². The van der Waals surface area contributed by atoms with Crippen molar-refractivity contribution >= 4 is 31.9 Å². The first-order valence-electron chi connectivity index (χ1n) is 4.92. The van der Waals surface area contributed by atoms with E-state index in [2.05, 4.69) is 31.9 Å². The van der Waals surface area contributed by atoms with E-state index in [1.165, 1.54) is 0 Å². The van der Waals surface area contributed by atoms with Gasteiger partial charge in [0.25, 0.3) is 0 Å². The standard InChI is InChI=1S/C11H12Br2O2/c12-8-2-1-3-9(13)11(8)10-6-7(14)4-5-15-10/h1-3,7,10,14H,4-6H2. The van der Waals surface area contributed by atoms with Crippen LogP contribution in [0.3, 0.4) is 0 Å². The van der Waals surface area contributed by atoms with E-state index in [-0.39, 0.29) is 12.2 Å². The Morgan fingerprint density at radius 2 is 1.93 bits per heavy atom. The molecular weight excluding hydrogens is 324 g/mol. The molecule has 1 N–H and O–H groups in total. The lowest BCUT2D eigenvalue weighted by molar-refractivity contribution is -0.0453. The Morgan fingerprint density at radius 3 is 2.53 bits per heavy atom. The average molecular weight is 336 g/mol. The fraction of sp³-hybridized carbons (Fsp3) is 0.455. The van der Waals surface area contributed by atoms with Gasteiger partial charge in [0.2, 0.25) is 0 Å². The van der Waals surface area contributed by atoms with Gasteiger partial charge in [0, 0.05) is 27.5 Å². The number of halogens is 2. The molecule has 15 heavy (non-hydrogen) atoms. The second kappa shape index (κ2) is 4.95. The Balaban J connectivity index is 2.28. The van der Waals surface area contributed by atoms with Gasteiger partial charge >= 0.3 is 0 Å². The molecule has 1 saturated heterocycles. The summed E-state index contributed by atoms with van der Waals surface area (Å²) in [5.74, 6) is 0. The van der Waals surface area contributed by atoms with Crippen molar-refractivity contribution in [1.29, 1.82) is 0 Å². The van der Waals surface area contributed by atoms with Crippen LogP contribution in [0.1, 0.15) is 24.5 Å². The van der Waals surface area contributed by atoms with Crippen LogP contribution in [-0.4, -0.2) is 17.8 Å². The zero-order valence-corrected chi connectivity index (χ0v) is 11.3. The van der Waals surface area contributed by atoms with Crippen LogP contribution in [-0.2, 0) is 4.74 Å². The highest BCUT2D eigenvalue weighted by Crippen LogP contribution is 2.37. The number of benzene rings is 1. The molecule has 1 aliphatic heterocycles. The van der Waals surface area contributed by atoms with Crippen LogP contribution < -0.4 is 0 Å². The normalized spacial score (nSPS) is 26.6. The molecule has 2 unspecified atom stereocenters. The minimum Gasteiger partial charge on any atom is -0.393 e. The highest BCUT2D eigenvalue weighted by atomic mass is 79.9. The van der Waals surface area contributed by atoms with Crippen LogP contribution in [0.15, 0.2) is 27.1 Å². The molecule has 0 saturated carbocycles. The molecular formula is C11H12Br2O2. The van der Waals surface area contributed by atoms with E-state index in [0.29, 0.717) is 13.0 Å². The summed E-state index contributed by atoms with van der Waals surface area (Å²) in [6.07, 6.45) is 1.14. The summed E-state index contributed by atoms with van der Waals surface area (Å²) in [6, 6.07) is 5.95. The van der Waals surface area contributed by atoms with Gasteiger partial charge in [0.15, 0.2) is 0 Å². The van der Waals surface area contributed by atoms with Crippen LogP contribution >= 0.6 is 31.9 Å². The van der Waals surface area contributed by atoms with Crippen molar-refractivity contribution in [3.63, 3.8) is 0 Å². The number of hydrogen-bond donors (Lipinski definition) is 1. The van der Waals surface area contributed by atoms with Crippen LogP contribution in [0.2, 0.25) is 0 Å². The molecule has 1 aromatic rings. The molecule has 1 heterocycles. The lowest BCUT2D eigenvalue weighted by atomic mass is 9.99. The van der Waals surface area contributed by atoms with Gasteiger partial charge in [-0.2, -0.15) is 0 Å². The molecule has 1 aromatic carbocycles. The number of aliphatic hydroxyl groups excluding tert-OH is 1. The quantitative estimate of drug-likeness (QED) is 0.852. The monoisotopic (exact) mass is 334 g/mol. The molecule has 0 aromatic heterocycles. The van der Waals surface area contributed by atoms with Gasteiger partial charge in [0.05, 0.1) is 12.2 Å². The smallest absolute Gasteiger partial charge is 0.0871 e. The molecule has 4 heteroatoms. The Morgan fingerprint density at radius 1 is 1.27 bits per heavy atom. The number of aliphatic hydroxyl groups is 1. The zero-order chi connectivity index (χ0) is 10.8. The first-order chi connectivity index (χ1) is 7.18. The summed E-state index contributed by atoms with van der Waals surface area (Å²) < 4.78 is 7.72. The van der Waals surface area contributed by atoms with Gasteiger partial charge in [0.1, 0.15) is 0 Å². The lowest BCUT2D eigenvalue weighted by Crippen LogP contribution is -2.23. The van der Waals surface area contributed by atoms with Gasteiger partial charge in [-0.1, -0.05) is 37.9 Å². The Hall–Kier alpha value is 0.1000. The number of rotatable bonds is 1. The summed E-state index contributed by atoms with van der Waals surface area (Å²) in [5.41, 5.74) is 1.09. The van der Waals surface area contributed by atoms with E-state index >= 15 is 0 Å². The lowest BCUT2D eigenvalue weighted by Gasteiger charge is -2.28. The second-order valence-corrected chi connectivity index (χ2v) is 5.38. The van der Waals surface area contributed by atoms with Crippen LogP contribution in [0.4, 0.5) is 0 Å². The Kier molecular flexibility index (Phi) is 3.83. The van der Waals surface area contributed by atoms with Gasteiger partial charge < -0.3 is 9.84 Å². The third-order valence-electron chi connectivity index (χ3n) is 2.58. The zero-order valence-electron chi connectivity index (χ0n) is 8.12. The average Bonchev–Trinajstić information content (AvgIpc) is 2.17. The van der Waals surface area contributed by atoms with Gasteiger partial charge in [-0.15, -0.1) is 0 Å². The number of ether oxygens (including phenoxy) is 1. The van der Waals surface area contributed by atoms with E-state index in [9.17, 15) is 5.11 Å². The molecule has 82 valence electrons. The third kappa shape index (κ3) is 2.61. The molecule has 2 atom stereocenters. The van der Waals surface area contributed by atoms with E-state index in [1.54, 1.807) is 0 Å². The predicted octanol–water partition coefficient (Wildman–Crippen LogP) is 3.42. The largest absolute Gasteiger partial charge is 0.393 e. The minimum absolute atomic E-state index is 0.0151. The molecule has 0 bridgehead atoms. The van der Waals surface area contributed by atoms with Gasteiger partial charge in [-0.3, -0.25) is 0 Å². The Labute approximate surface area is 106 Å². The SMILES string of the molecule is OC1CCOC(c2c(Br)cccc2Br)C1. The molecule has 2 nitrogen and oxygen atoms in total. The highest BCUT2D eigenvalue weighted by molar-refractivity contribution is 9.11. The molecule has 0 amide bonds. The van der Waals surface area contributed by atoms with Crippen LogP contribution in [0, 0.1) is 0 Å². The summed E-state index contributed by atoms with van der Waals surface area (Å²) in [4.78, 5) is 0. The molecule has 1 aliphatic rings. The molecule has 1 fully saturated rings.